The Morgan fingerprint density at radius 1 is 1.06 bits per heavy atom. The summed E-state index contributed by atoms with van der Waals surface area (Å²) in [5, 5.41) is 3.00. The van der Waals surface area contributed by atoms with E-state index in [1.54, 1.807) is 11.7 Å². The Bertz CT molecular complexity index is 1460. The molecule has 0 unspecified atom stereocenters. The Hall–Kier alpha value is -4.33. The van der Waals surface area contributed by atoms with Crippen molar-refractivity contribution in [2.75, 3.05) is 20.3 Å². The molecule has 36 heavy (non-hydrogen) atoms. The fourth-order valence-corrected chi connectivity index (χ4v) is 4.29. The number of methoxy groups -OCH3 is 1. The summed E-state index contributed by atoms with van der Waals surface area (Å²) in [6.07, 6.45) is 0.359. The average molecular weight is 486 g/mol. The van der Waals surface area contributed by atoms with Gasteiger partial charge in [-0.2, -0.15) is 0 Å². The molecule has 1 amide bonds. The van der Waals surface area contributed by atoms with Gasteiger partial charge in [0.05, 0.1) is 24.2 Å². The number of benzene rings is 3. The number of amides is 1. The van der Waals surface area contributed by atoms with Crippen LogP contribution < -0.4 is 25.1 Å². The highest BCUT2D eigenvalue weighted by molar-refractivity contribution is 5.78. The molecule has 8 nitrogen and oxygen atoms in total. The summed E-state index contributed by atoms with van der Waals surface area (Å²) in [6, 6.07) is 20.2. The Kier molecular flexibility index (Phi) is 6.58. The molecule has 0 saturated carbocycles. The molecule has 8 heteroatoms. The highest BCUT2D eigenvalue weighted by Gasteiger charge is 2.18. The third-order valence-electron chi connectivity index (χ3n) is 6.19. The van der Waals surface area contributed by atoms with Crippen LogP contribution in [0.2, 0.25) is 0 Å². The zero-order chi connectivity index (χ0) is 25.1. The molecule has 3 aromatic carbocycles. The van der Waals surface area contributed by atoms with Crippen LogP contribution in [-0.2, 0) is 11.2 Å². The molecule has 1 aromatic heterocycles. The van der Waals surface area contributed by atoms with E-state index in [0.29, 0.717) is 52.9 Å². The first kappa shape index (κ1) is 23.4. The SMILES string of the molecule is COc1ccc(-n2c(=O)c(CCC(=O)N[C@@H](C)c3ccc4c(c3)OCCO4)nc3ccccc32)cc1. The molecule has 184 valence electrons. The number of fused-ring (bicyclic) bond motifs is 2. The summed E-state index contributed by atoms with van der Waals surface area (Å²) >= 11 is 0. The van der Waals surface area contributed by atoms with Crippen LogP contribution >= 0.6 is 0 Å². The van der Waals surface area contributed by atoms with Gasteiger partial charge in [0.1, 0.15) is 24.7 Å². The van der Waals surface area contributed by atoms with Gasteiger partial charge < -0.3 is 19.5 Å². The molecule has 0 radical (unpaired) electrons. The summed E-state index contributed by atoms with van der Waals surface area (Å²) in [5.74, 6) is 1.93. The molecule has 0 spiro atoms. The lowest BCUT2D eigenvalue weighted by Gasteiger charge is -2.21. The van der Waals surface area contributed by atoms with Crippen LogP contribution in [0.25, 0.3) is 16.7 Å². The minimum absolute atomic E-state index is 0.137. The molecule has 1 aliphatic heterocycles. The summed E-state index contributed by atoms with van der Waals surface area (Å²) in [5.41, 5.74) is 3.11. The number of aromatic nitrogens is 2. The number of nitrogens with one attached hydrogen (secondary N) is 1. The van der Waals surface area contributed by atoms with Gasteiger partial charge in [-0.3, -0.25) is 14.2 Å². The van der Waals surface area contributed by atoms with Crippen LogP contribution in [0.1, 0.15) is 30.6 Å². The maximum absolute atomic E-state index is 13.4. The molecular formula is C28H27N3O5. The van der Waals surface area contributed by atoms with Crippen molar-refractivity contribution in [2.45, 2.75) is 25.8 Å². The largest absolute Gasteiger partial charge is 0.497 e. The Morgan fingerprint density at radius 2 is 1.81 bits per heavy atom. The first-order chi connectivity index (χ1) is 17.5. The van der Waals surface area contributed by atoms with Crippen molar-refractivity contribution in [3.05, 3.63) is 88.3 Å². The van der Waals surface area contributed by atoms with E-state index in [0.717, 1.165) is 5.56 Å². The minimum Gasteiger partial charge on any atom is -0.497 e. The molecule has 5 rings (SSSR count). The van der Waals surface area contributed by atoms with Crippen LogP contribution in [0.15, 0.2) is 71.5 Å². The summed E-state index contributed by atoms with van der Waals surface area (Å²) in [7, 11) is 1.60. The zero-order valence-electron chi connectivity index (χ0n) is 20.2. The van der Waals surface area contributed by atoms with Crippen LogP contribution in [0.3, 0.4) is 0 Å². The molecule has 0 saturated heterocycles. The van der Waals surface area contributed by atoms with Gasteiger partial charge in [0, 0.05) is 18.5 Å². The quantitative estimate of drug-likeness (QED) is 0.426. The second-order valence-corrected chi connectivity index (χ2v) is 8.58. The topological polar surface area (TPSA) is 91.7 Å². The van der Waals surface area contributed by atoms with Gasteiger partial charge >= 0.3 is 0 Å². The number of hydrogen-bond acceptors (Lipinski definition) is 6. The van der Waals surface area contributed by atoms with E-state index in [1.165, 1.54) is 0 Å². The Morgan fingerprint density at radius 3 is 2.58 bits per heavy atom. The molecule has 0 fully saturated rings. The number of carbonyl (C=O) groups is 1. The highest BCUT2D eigenvalue weighted by atomic mass is 16.6. The summed E-state index contributed by atoms with van der Waals surface area (Å²) < 4.78 is 18.1. The van der Waals surface area contributed by atoms with Crippen molar-refractivity contribution in [1.29, 1.82) is 0 Å². The number of carbonyl (C=O) groups excluding carboxylic acids is 1. The number of nitrogens with zero attached hydrogens (tertiary/aromatic N) is 2. The lowest BCUT2D eigenvalue weighted by atomic mass is 10.1. The third-order valence-corrected chi connectivity index (χ3v) is 6.19. The lowest BCUT2D eigenvalue weighted by Crippen LogP contribution is -2.29. The molecular weight excluding hydrogens is 458 g/mol. The van der Waals surface area contributed by atoms with Crippen LogP contribution in [-0.4, -0.2) is 35.8 Å². The van der Waals surface area contributed by atoms with Crippen molar-refractivity contribution in [3.63, 3.8) is 0 Å². The van der Waals surface area contributed by atoms with E-state index in [4.69, 9.17) is 14.2 Å². The zero-order valence-corrected chi connectivity index (χ0v) is 20.2. The van der Waals surface area contributed by atoms with E-state index >= 15 is 0 Å². The highest BCUT2D eigenvalue weighted by Crippen LogP contribution is 2.32. The Balaban J connectivity index is 1.34. The van der Waals surface area contributed by atoms with Crippen molar-refractivity contribution in [2.24, 2.45) is 0 Å². The monoisotopic (exact) mass is 485 g/mol. The number of hydrogen-bond donors (Lipinski definition) is 1. The molecule has 4 aromatic rings. The van der Waals surface area contributed by atoms with Crippen LogP contribution in [0, 0.1) is 0 Å². The van der Waals surface area contributed by atoms with E-state index in [9.17, 15) is 9.59 Å². The smallest absolute Gasteiger partial charge is 0.277 e. The van der Waals surface area contributed by atoms with Crippen molar-refractivity contribution >= 4 is 16.9 Å². The summed E-state index contributed by atoms with van der Waals surface area (Å²) in [4.78, 5) is 30.8. The van der Waals surface area contributed by atoms with Gasteiger partial charge in [-0.25, -0.2) is 4.98 Å². The first-order valence-corrected chi connectivity index (χ1v) is 11.9. The maximum atomic E-state index is 13.4. The maximum Gasteiger partial charge on any atom is 0.277 e. The molecule has 0 aliphatic carbocycles. The number of ether oxygens (including phenoxy) is 3. The van der Waals surface area contributed by atoms with E-state index in [-0.39, 0.29) is 30.3 Å². The van der Waals surface area contributed by atoms with E-state index in [1.807, 2.05) is 73.7 Å². The number of aryl methyl sites for hydroxylation is 1. The van der Waals surface area contributed by atoms with Gasteiger partial charge in [0.15, 0.2) is 11.5 Å². The predicted octanol–water partition coefficient (Wildman–Crippen LogP) is 3.98. The fourth-order valence-electron chi connectivity index (χ4n) is 4.29. The molecule has 2 heterocycles. The molecule has 0 bridgehead atoms. The first-order valence-electron chi connectivity index (χ1n) is 11.9. The number of para-hydroxylation sites is 2. The number of rotatable bonds is 7. The van der Waals surface area contributed by atoms with Crippen molar-refractivity contribution < 1.29 is 19.0 Å². The minimum atomic E-state index is -0.244. The van der Waals surface area contributed by atoms with Gasteiger partial charge in [0.25, 0.3) is 5.56 Å². The second-order valence-electron chi connectivity index (χ2n) is 8.58. The lowest BCUT2D eigenvalue weighted by molar-refractivity contribution is -0.121. The molecule has 1 N–H and O–H groups in total. The fraction of sp³-hybridized carbons (Fsp3) is 0.250. The van der Waals surface area contributed by atoms with Crippen molar-refractivity contribution in [1.82, 2.24) is 14.9 Å². The third kappa shape index (κ3) is 4.75. The second kappa shape index (κ2) is 10.1. The van der Waals surface area contributed by atoms with E-state index < -0.39 is 0 Å². The van der Waals surface area contributed by atoms with Crippen LogP contribution in [0.4, 0.5) is 0 Å². The average Bonchev–Trinajstić information content (AvgIpc) is 2.91. The van der Waals surface area contributed by atoms with E-state index in [2.05, 4.69) is 10.3 Å². The molecule has 1 atom stereocenters. The normalized spacial score (nSPS) is 13.3. The van der Waals surface area contributed by atoms with Gasteiger partial charge in [0.2, 0.25) is 5.91 Å². The predicted molar refractivity (Wildman–Crippen MR) is 136 cm³/mol. The summed E-state index contributed by atoms with van der Waals surface area (Å²) in [6.45, 7) is 2.94. The van der Waals surface area contributed by atoms with Gasteiger partial charge in [-0.05, 0) is 61.0 Å². The van der Waals surface area contributed by atoms with Crippen molar-refractivity contribution in [3.8, 4) is 22.9 Å². The Labute approximate surface area is 208 Å². The standard InChI is InChI=1S/C28H27N3O5/c1-18(19-7-13-25-26(17-19)36-16-15-35-25)29-27(32)14-12-23-28(33)31(20-8-10-21(34-2)11-9-20)24-6-4-3-5-22(24)30-23/h3-11,13,17-18H,12,14-16H2,1-2H3,(H,29,32)/t18-/m0/s1. The van der Waals surface area contributed by atoms with Crippen LogP contribution in [0.5, 0.6) is 17.2 Å². The van der Waals surface area contributed by atoms with Gasteiger partial charge in [-0.1, -0.05) is 18.2 Å². The van der Waals surface area contributed by atoms with Gasteiger partial charge in [-0.15, -0.1) is 0 Å². The molecule has 1 aliphatic rings.